The van der Waals surface area contributed by atoms with Gasteiger partial charge in [0.2, 0.25) is 11.3 Å². The van der Waals surface area contributed by atoms with Crippen molar-refractivity contribution in [2.75, 3.05) is 0 Å². The average Bonchev–Trinajstić information content (AvgIpc) is 2.03. The van der Waals surface area contributed by atoms with E-state index in [9.17, 15) is 8.42 Å². The fourth-order valence-electron chi connectivity index (χ4n) is 0.655. The van der Waals surface area contributed by atoms with Crippen LogP contribution in [0.4, 0.5) is 0 Å². The number of nitrogens with zero attached hydrogens (tertiary/aromatic N) is 1. The van der Waals surface area contributed by atoms with Crippen molar-refractivity contribution in [3.63, 3.8) is 0 Å². The lowest BCUT2D eigenvalue weighted by Gasteiger charge is -2.12. The van der Waals surface area contributed by atoms with Gasteiger partial charge in [-0.1, -0.05) is 0 Å². The molecule has 0 radical (unpaired) electrons. The Morgan fingerprint density at radius 1 is 1.21 bits per heavy atom. The molecule has 1 heterocycles. The van der Waals surface area contributed by atoms with Gasteiger partial charge in [0.05, 0.1) is 4.90 Å². The van der Waals surface area contributed by atoms with Crippen molar-refractivity contribution in [1.29, 1.82) is 0 Å². The summed E-state index contributed by atoms with van der Waals surface area (Å²) in [6, 6.07) is 3.02. The first-order chi connectivity index (χ1) is 6.25. The molecular weight excluding hydrogens is 470 g/mol. The predicted octanol–water partition coefficient (Wildman–Crippen LogP) is 3.41. The van der Waals surface area contributed by atoms with Crippen LogP contribution in [0.2, 0.25) is 0 Å². The van der Waals surface area contributed by atoms with Gasteiger partial charge in [-0.15, -0.1) is 0 Å². The van der Waals surface area contributed by atoms with Gasteiger partial charge in [0.1, 0.15) is 4.60 Å². The number of hydrogen-bond donors (Lipinski definition) is 0. The molecule has 0 aliphatic carbocycles. The van der Waals surface area contributed by atoms with Crippen LogP contribution in [0.1, 0.15) is 0 Å². The third kappa shape index (κ3) is 2.78. The summed E-state index contributed by atoms with van der Waals surface area (Å²) >= 11 is 12.0. The fourth-order valence-corrected chi connectivity index (χ4v) is 3.28. The van der Waals surface area contributed by atoms with E-state index in [4.69, 9.17) is 0 Å². The van der Waals surface area contributed by atoms with Gasteiger partial charge in [-0.25, -0.2) is 13.4 Å². The minimum Gasteiger partial charge on any atom is -0.248 e. The molecule has 8 heteroatoms. The van der Waals surface area contributed by atoms with E-state index in [-0.39, 0.29) is 4.90 Å². The van der Waals surface area contributed by atoms with Crippen LogP contribution in [-0.4, -0.2) is 14.9 Å². The van der Waals surface area contributed by atoms with Gasteiger partial charge in [0.15, 0.2) is 0 Å². The van der Waals surface area contributed by atoms with E-state index < -0.39 is 11.3 Å². The fraction of sp³-hybridized carbons (Fsp3) is 0.167. The van der Waals surface area contributed by atoms with Gasteiger partial charge >= 0.3 is 0 Å². The Bertz CT molecular complexity index is 422. The van der Waals surface area contributed by atoms with Crippen LogP contribution in [0.3, 0.4) is 0 Å². The topological polar surface area (TPSA) is 47.0 Å². The van der Waals surface area contributed by atoms with Gasteiger partial charge in [0.25, 0.3) is 0 Å². The van der Waals surface area contributed by atoms with E-state index in [1.807, 2.05) is 0 Å². The van der Waals surface area contributed by atoms with Crippen LogP contribution in [0, 0.1) is 0 Å². The normalized spacial score (nSPS) is 12.9. The molecule has 0 atom stereocenters. The summed E-state index contributed by atoms with van der Waals surface area (Å²) in [4.78, 5) is 3.95. The summed E-state index contributed by atoms with van der Waals surface area (Å²) in [6.07, 6.45) is 1.28. The Balaban J connectivity index is 3.25. The molecule has 1 aromatic heterocycles. The summed E-state index contributed by atoms with van der Waals surface area (Å²) in [7, 11) is -3.53. The van der Waals surface area contributed by atoms with Crippen LogP contribution in [-0.2, 0) is 9.84 Å². The smallest absolute Gasteiger partial charge is 0.239 e. The standard InChI is InChI=1S/C6H3Br4NO2S/c7-5-2-1-4(3-11-5)14(12,13)6(8,9)10/h1-3H. The van der Waals surface area contributed by atoms with Crippen LogP contribution < -0.4 is 0 Å². The van der Waals surface area contributed by atoms with Crippen molar-refractivity contribution in [2.45, 2.75) is 6.37 Å². The molecule has 0 aliphatic rings. The van der Waals surface area contributed by atoms with E-state index in [1.54, 1.807) is 6.07 Å². The molecule has 3 nitrogen and oxygen atoms in total. The highest BCUT2D eigenvalue weighted by Crippen LogP contribution is 2.42. The lowest BCUT2D eigenvalue weighted by atomic mass is 10.5. The second-order valence-corrected chi connectivity index (χ2v) is 13.5. The van der Waals surface area contributed by atoms with E-state index >= 15 is 0 Å². The highest BCUT2D eigenvalue weighted by Gasteiger charge is 2.37. The van der Waals surface area contributed by atoms with Crippen LogP contribution in [0.15, 0.2) is 27.8 Å². The van der Waals surface area contributed by atoms with Crippen molar-refractivity contribution < 1.29 is 8.42 Å². The molecule has 0 spiro atoms. The number of halogens is 4. The zero-order chi connectivity index (χ0) is 11.0. The molecule has 0 saturated heterocycles. The molecule has 0 unspecified atom stereocenters. The van der Waals surface area contributed by atoms with E-state index in [0.29, 0.717) is 4.60 Å². The largest absolute Gasteiger partial charge is 0.248 e. The third-order valence-corrected chi connectivity index (χ3v) is 7.09. The second-order valence-electron chi connectivity index (χ2n) is 2.27. The molecule has 1 rings (SSSR count). The van der Waals surface area contributed by atoms with Gasteiger partial charge in [-0.2, -0.15) is 0 Å². The summed E-state index contributed by atoms with van der Waals surface area (Å²) in [5, 5.41) is 0. The number of alkyl halides is 3. The zero-order valence-corrected chi connectivity index (χ0v) is 13.6. The third-order valence-electron chi connectivity index (χ3n) is 1.32. The van der Waals surface area contributed by atoms with Gasteiger partial charge in [-0.3, -0.25) is 0 Å². The molecule has 0 amide bonds. The molecule has 0 N–H and O–H groups in total. The molecule has 0 aromatic carbocycles. The number of aromatic nitrogens is 1. The Hall–Kier alpha value is 1.02. The first kappa shape index (κ1) is 13.1. The minimum atomic E-state index is -3.53. The molecule has 78 valence electrons. The van der Waals surface area contributed by atoms with Crippen molar-refractivity contribution in [2.24, 2.45) is 0 Å². The lowest BCUT2D eigenvalue weighted by Crippen LogP contribution is -2.17. The van der Waals surface area contributed by atoms with Crippen molar-refractivity contribution in [1.82, 2.24) is 4.98 Å². The lowest BCUT2D eigenvalue weighted by molar-refractivity contribution is 0.598. The molecular formula is C6H3Br4NO2S. The first-order valence-electron chi connectivity index (χ1n) is 3.18. The Morgan fingerprint density at radius 2 is 1.79 bits per heavy atom. The van der Waals surface area contributed by atoms with Crippen LogP contribution in [0.25, 0.3) is 0 Å². The van der Waals surface area contributed by atoms with Gasteiger partial charge in [0, 0.05) is 6.20 Å². The summed E-state index contributed by atoms with van der Waals surface area (Å²) in [6.45, 7) is 0. The van der Waals surface area contributed by atoms with Gasteiger partial charge < -0.3 is 0 Å². The first-order valence-corrected chi connectivity index (χ1v) is 7.83. The Kier molecular flexibility index (Phi) is 4.19. The maximum atomic E-state index is 11.8. The number of rotatable bonds is 1. The quantitative estimate of drug-likeness (QED) is 0.465. The zero-order valence-electron chi connectivity index (χ0n) is 6.42. The summed E-state index contributed by atoms with van der Waals surface area (Å²) in [5.74, 6) is 0. The number of hydrogen-bond acceptors (Lipinski definition) is 3. The summed E-state index contributed by atoms with van der Waals surface area (Å²) < 4.78 is 22.8. The molecule has 0 aliphatic heterocycles. The van der Waals surface area contributed by atoms with Crippen LogP contribution >= 0.6 is 63.7 Å². The van der Waals surface area contributed by atoms with E-state index in [2.05, 4.69) is 68.7 Å². The van der Waals surface area contributed by atoms with E-state index in [0.717, 1.165) is 0 Å². The van der Waals surface area contributed by atoms with Gasteiger partial charge in [-0.05, 0) is 75.9 Å². The maximum absolute atomic E-state index is 11.8. The molecule has 0 bridgehead atoms. The monoisotopic (exact) mass is 469 g/mol. The minimum absolute atomic E-state index is 0.117. The highest BCUT2D eigenvalue weighted by molar-refractivity contribution is 9.42. The summed E-state index contributed by atoms with van der Waals surface area (Å²) in [5.41, 5.74) is 0. The predicted molar refractivity (Wildman–Crippen MR) is 68.6 cm³/mol. The van der Waals surface area contributed by atoms with Crippen molar-refractivity contribution in [3.05, 3.63) is 22.9 Å². The molecule has 0 saturated carbocycles. The Morgan fingerprint density at radius 3 is 2.14 bits per heavy atom. The SMILES string of the molecule is O=S(=O)(c1ccc(Br)nc1)C(Br)(Br)Br. The number of sulfone groups is 1. The second kappa shape index (κ2) is 4.48. The van der Waals surface area contributed by atoms with Crippen LogP contribution in [0.5, 0.6) is 0 Å². The van der Waals surface area contributed by atoms with Crippen molar-refractivity contribution in [3.8, 4) is 0 Å². The average molecular weight is 473 g/mol. The number of pyridine rings is 1. The van der Waals surface area contributed by atoms with Crippen molar-refractivity contribution >= 4 is 73.6 Å². The maximum Gasteiger partial charge on any atom is 0.239 e. The molecule has 14 heavy (non-hydrogen) atoms. The Labute approximate surface area is 115 Å². The van der Waals surface area contributed by atoms with E-state index in [1.165, 1.54) is 12.3 Å². The molecule has 0 fully saturated rings. The molecule has 1 aromatic rings. The highest BCUT2D eigenvalue weighted by atomic mass is 80.0.